The topological polar surface area (TPSA) is 137 Å². The maximum atomic E-state index is 12.9. The van der Waals surface area contributed by atoms with E-state index in [9.17, 15) is 19.2 Å². The smallest absolute Gasteiger partial charge is 0.326 e. The molecule has 10 heteroatoms. The van der Waals surface area contributed by atoms with Crippen LogP contribution in [0.2, 0.25) is 0 Å². The molecule has 10 nitrogen and oxygen atoms in total. The number of rotatable bonds is 11. The van der Waals surface area contributed by atoms with Gasteiger partial charge in [0.1, 0.15) is 5.75 Å². The summed E-state index contributed by atoms with van der Waals surface area (Å²) in [6.07, 6.45) is 0.740. The first-order valence-corrected chi connectivity index (χ1v) is 12.9. The van der Waals surface area contributed by atoms with Crippen LogP contribution in [0.1, 0.15) is 36.1 Å². The van der Waals surface area contributed by atoms with Gasteiger partial charge in [-0.2, -0.15) is 0 Å². The molecule has 0 fully saturated rings. The number of benzene rings is 3. The van der Waals surface area contributed by atoms with Crippen LogP contribution in [0.25, 0.3) is 0 Å². The molecule has 1 unspecified atom stereocenters. The van der Waals surface area contributed by atoms with Gasteiger partial charge in [0, 0.05) is 31.3 Å². The summed E-state index contributed by atoms with van der Waals surface area (Å²) in [5.74, 6) is -0.928. The van der Waals surface area contributed by atoms with E-state index in [4.69, 9.17) is 9.84 Å². The number of nitrogens with one attached hydrogen (secondary N) is 3. The summed E-state index contributed by atoms with van der Waals surface area (Å²) in [6, 6.07) is 19.1. The highest BCUT2D eigenvalue weighted by atomic mass is 16.5. The van der Waals surface area contributed by atoms with Gasteiger partial charge in [-0.1, -0.05) is 36.4 Å². The number of carbonyl (C=O) groups excluding carboxylic acids is 3. The van der Waals surface area contributed by atoms with Crippen molar-refractivity contribution < 1.29 is 29.0 Å². The fraction of sp³-hybridized carbons (Fsp3) is 0.267. The number of Topliss-reactive ketones (excluding diaryl/α,β-unsaturated/α-hetero) is 1. The zero-order chi connectivity index (χ0) is 28.6. The van der Waals surface area contributed by atoms with Gasteiger partial charge >= 0.3 is 12.0 Å². The number of urea groups is 1. The fourth-order valence-corrected chi connectivity index (χ4v) is 4.68. The lowest BCUT2D eigenvalue weighted by Crippen LogP contribution is -2.33. The highest BCUT2D eigenvalue weighted by Gasteiger charge is 2.25. The van der Waals surface area contributed by atoms with Gasteiger partial charge in [0.15, 0.2) is 5.78 Å². The number of ether oxygens (including phenoxy) is 1. The van der Waals surface area contributed by atoms with E-state index in [0.29, 0.717) is 29.2 Å². The van der Waals surface area contributed by atoms with Crippen LogP contribution in [0.3, 0.4) is 0 Å². The van der Waals surface area contributed by atoms with E-state index in [1.54, 1.807) is 47.4 Å². The van der Waals surface area contributed by atoms with Crippen molar-refractivity contribution in [2.75, 3.05) is 35.7 Å². The molecule has 1 aliphatic heterocycles. The van der Waals surface area contributed by atoms with E-state index in [1.165, 1.54) is 14.0 Å². The molecule has 0 spiro atoms. The van der Waals surface area contributed by atoms with Gasteiger partial charge in [0.25, 0.3) is 0 Å². The van der Waals surface area contributed by atoms with Crippen molar-refractivity contribution in [2.24, 2.45) is 0 Å². The minimum absolute atomic E-state index is 0.0569. The molecule has 208 valence electrons. The predicted molar refractivity (Wildman–Crippen MR) is 152 cm³/mol. The van der Waals surface area contributed by atoms with Crippen molar-refractivity contribution >= 4 is 40.8 Å². The van der Waals surface area contributed by atoms with E-state index >= 15 is 0 Å². The number of carbonyl (C=O) groups is 4. The molecular weight excluding hydrogens is 512 g/mol. The number of amides is 3. The third-order valence-electron chi connectivity index (χ3n) is 6.60. The first-order valence-electron chi connectivity index (χ1n) is 12.9. The summed E-state index contributed by atoms with van der Waals surface area (Å²) in [7, 11) is 1.51. The Morgan fingerprint density at radius 1 is 1.02 bits per heavy atom. The number of carboxylic acids is 1. The number of fused-ring (bicyclic) bond motifs is 1. The molecule has 4 rings (SSSR count). The molecule has 4 N–H and O–H groups in total. The van der Waals surface area contributed by atoms with Crippen molar-refractivity contribution in [3.05, 3.63) is 83.4 Å². The molecule has 1 aliphatic rings. The van der Waals surface area contributed by atoms with Crippen LogP contribution in [-0.2, 0) is 27.2 Å². The number of hydrogen-bond acceptors (Lipinski definition) is 6. The van der Waals surface area contributed by atoms with Crippen LogP contribution >= 0.6 is 0 Å². The average Bonchev–Trinajstić information content (AvgIpc) is 3.36. The van der Waals surface area contributed by atoms with Crippen LogP contribution in [-0.4, -0.2) is 49.0 Å². The molecule has 0 bridgehead atoms. The summed E-state index contributed by atoms with van der Waals surface area (Å²) in [4.78, 5) is 49.9. The summed E-state index contributed by atoms with van der Waals surface area (Å²) >= 11 is 0. The number of para-hydroxylation sites is 1. The van der Waals surface area contributed by atoms with E-state index in [0.717, 1.165) is 23.2 Å². The van der Waals surface area contributed by atoms with E-state index in [1.807, 2.05) is 24.3 Å². The third kappa shape index (κ3) is 7.16. The SMILES string of the molecule is COc1cc(CC(=O)CNc2ccc(C(CC(=O)O)NC(C)=O)cc2)ccc1NC(=O)N1CCc2ccccc21. The quantitative estimate of drug-likeness (QED) is 0.284. The van der Waals surface area contributed by atoms with Crippen LogP contribution in [0.4, 0.5) is 21.9 Å². The first kappa shape index (κ1) is 28.2. The maximum absolute atomic E-state index is 12.9. The Kier molecular flexibility index (Phi) is 9.00. The van der Waals surface area contributed by atoms with Crippen molar-refractivity contribution in [1.29, 1.82) is 0 Å². The van der Waals surface area contributed by atoms with Gasteiger partial charge in [-0.3, -0.25) is 19.3 Å². The molecule has 3 aromatic carbocycles. The Balaban J connectivity index is 1.32. The second-order valence-electron chi connectivity index (χ2n) is 9.54. The summed E-state index contributed by atoms with van der Waals surface area (Å²) in [6.45, 7) is 2.02. The fourth-order valence-electron chi connectivity index (χ4n) is 4.68. The summed E-state index contributed by atoms with van der Waals surface area (Å²) < 4.78 is 5.49. The van der Waals surface area contributed by atoms with E-state index in [2.05, 4.69) is 16.0 Å². The summed E-state index contributed by atoms with van der Waals surface area (Å²) in [5.41, 5.74) is 4.64. The normalized spacial score (nSPS) is 12.7. The molecule has 3 amide bonds. The number of ketones is 1. The second kappa shape index (κ2) is 12.8. The zero-order valence-corrected chi connectivity index (χ0v) is 22.4. The minimum Gasteiger partial charge on any atom is -0.495 e. The van der Waals surface area contributed by atoms with Crippen molar-refractivity contribution in [3.8, 4) is 5.75 Å². The lowest BCUT2D eigenvalue weighted by Gasteiger charge is -2.19. The number of nitrogens with zero attached hydrogens (tertiary/aromatic N) is 1. The Bertz CT molecular complexity index is 1390. The Morgan fingerprint density at radius 2 is 1.77 bits per heavy atom. The van der Waals surface area contributed by atoms with Crippen molar-refractivity contribution in [2.45, 2.75) is 32.2 Å². The molecular formula is C30H32N4O6. The van der Waals surface area contributed by atoms with Gasteiger partial charge in [-0.25, -0.2) is 4.79 Å². The molecule has 40 heavy (non-hydrogen) atoms. The number of hydrogen-bond donors (Lipinski definition) is 4. The van der Waals surface area contributed by atoms with Crippen molar-refractivity contribution in [1.82, 2.24) is 5.32 Å². The second-order valence-corrected chi connectivity index (χ2v) is 9.54. The Hall–Kier alpha value is -4.86. The number of methoxy groups -OCH3 is 1. The van der Waals surface area contributed by atoms with Gasteiger partial charge in [0.05, 0.1) is 31.8 Å². The van der Waals surface area contributed by atoms with Crippen LogP contribution in [0.5, 0.6) is 5.75 Å². The molecule has 1 heterocycles. The lowest BCUT2D eigenvalue weighted by molar-refractivity contribution is -0.137. The molecule has 1 atom stereocenters. The van der Waals surface area contributed by atoms with Gasteiger partial charge in [-0.15, -0.1) is 0 Å². The zero-order valence-electron chi connectivity index (χ0n) is 22.4. The minimum atomic E-state index is -1.02. The van der Waals surface area contributed by atoms with E-state index < -0.39 is 12.0 Å². The standard InChI is InChI=1S/C30H32N4O6/c1-19(35)32-26(17-29(37)38)21-8-10-23(11-9-21)31-18-24(36)15-20-7-12-25(28(16-20)40-2)33-30(39)34-14-13-22-5-3-4-6-27(22)34/h3-12,16,26,31H,13-15,17-18H2,1-2H3,(H,32,35)(H,33,39)(H,37,38). The molecule has 0 saturated heterocycles. The van der Waals surface area contributed by atoms with Crippen LogP contribution in [0, 0.1) is 0 Å². The number of aliphatic carboxylic acids is 1. The Morgan fingerprint density at radius 3 is 2.48 bits per heavy atom. The monoisotopic (exact) mass is 544 g/mol. The predicted octanol–water partition coefficient (Wildman–Crippen LogP) is 4.17. The first-order chi connectivity index (χ1) is 19.2. The number of carboxylic acid groups (broad SMARTS) is 1. The molecule has 0 saturated carbocycles. The largest absolute Gasteiger partial charge is 0.495 e. The highest BCUT2D eigenvalue weighted by molar-refractivity contribution is 6.04. The van der Waals surface area contributed by atoms with Crippen LogP contribution < -0.4 is 25.6 Å². The molecule has 0 radical (unpaired) electrons. The molecule has 0 aromatic heterocycles. The van der Waals surface area contributed by atoms with Crippen molar-refractivity contribution in [3.63, 3.8) is 0 Å². The third-order valence-corrected chi connectivity index (χ3v) is 6.60. The van der Waals surface area contributed by atoms with Gasteiger partial charge in [-0.05, 0) is 53.4 Å². The Labute approximate surface area is 232 Å². The van der Waals surface area contributed by atoms with E-state index in [-0.39, 0.29) is 37.1 Å². The summed E-state index contributed by atoms with van der Waals surface area (Å²) in [5, 5.41) is 17.7. The maximum Gasteiger partial charge on any atom is 0.326 e. The highest BCUT2D eigenvalue weighted by Crippen LogP contribution is 2.30. The van der Waals surface area contributed by atoms with Gasteiger partial charge < -0.3 is 25.8 Å². The average molecular weight is 545 g/mol. The lowest BCUT2D eigenvalue weighted by atomic mass is 10.0. The number of anilines is 3. The molecule has 3 aromatic rings. The molecule has 0 aliphatic carbocycles. The van der Waals surface area contributed by atoms with Gasteiger partial charge in [0.2, 0.25) is 5.91 Å². The van der Waals surface area contributed by atoms with Crippen LogP contribution in [0.15, 0.2) is 66.7 Å².